The summed E-state index contributed by atoms with van der Waals surface area (Å²) in [5, 5.41) is 8.74. The summed E-state index contributed by atoms with van der Waals surface area (Å²) in [6.45, 7) is 0.985. The molecule has 0 aromatic heterocycles. The van der Waals surface area contributed by atoms with Crippen molar-refractivity contribution in [3.63, 3.8) is 0 Å². The molecule has 0 spiro atoms. The molecule has 1 saturated heterocycles. The van der Waals surface area contributed by atoms with E-state index in [2.05, 4.69) is 0 Å². The molecule has 0 saturated carbocycles. The second-order valence-electron chi connectivity index (χ2n) is 5.97. The van der Waals surface area contributed by atoms with E-state index in [1.807, 2.05) is 6.07 Å². The summed E-state index contributed by atoms with van der Waals surface area (Å²) in [6, 6.07) is 12.5. The van der Waals surface area contributed by atoms with Crippen LogP contribution < -0.4 is 4.74 Å². The number of esters is 1. The molecule has 3 rings (SSSR count). The third kappa shape index (κ3) is 4.58. The number of rotatable bonds is 6. The first-order valence-electron chi connectivity index (χ1n) is 8.36. The molecule has 6 heteroatoms. The van der Waals surface area contributed by atoms with Crippen molar-refractivity contribution in [1.82, 2.24) is 0 Å². The van der Waals surface area contributed by atoms with E-state index in [-0.39, 0.29) is 23.8 Å². The van der Waals surface area contributed by atoms with Gasteiger partial charge in [-0.3, -0.25) is 0 Å². The maximum Gasteiger partial charge on any atom is 0.338 e. The summed E-state index contributed by atoms with van der Waals surface area (Å²) >= 11 is 0. The summed E-state index contributed by atoms with van der Waals surface area (Å²) in [5.41, 5.74) is 0.751. The molecule has 1 aliphatic heterocycles. The van der Waals surface area contributed by atoms with Gasteiger partial charge >= 0.3 is 5.97 Å². The predicted molar refractivity (Wildman–Crippen MR) is 91.1 cm³/mol. The van der Waals surface area contributed by atoms with Crippen LogP contribution in [0, 0.1) is 17.1 Å². The number of benzene rings is 2. The van der Waals surface area contributed by atoms with Crippen LogP contribution in [0.3, 0.4) is 0 Å². The number of carbonyl (C=O) groups excluding carboxylic acids is 1. The Labute approximate surface area is 150 Å². The van der Waals surface area contributed by atoms with E-state index in [9.17, 15) is 9.18 Å². The van der Waals surface area contributed by atoms with Crippen molar-refractivity contribution in [2.45, 2.75) is 25.6 Å². The van der Waals surface area contributed by atoms with Gasteiger partial charge in [-0.2, -0.15) is 5.26 Å². The minimum Gasteiger partial charge on any atom is -0.491 e. The molecule has 1 aliphatic rings. The zero-order chi connectivity index (χ0) is 18.4. The van der Waals surface area contributed by atoms with Crippen molar-refractivity contribution in [2.75, 3.05) is 13.2 Å². The molecule has 1 atom stereocenters. The van der Waals surface area contributed by atoms with Gasteiger partial charge < -0.3 is 14.2 Å². The standard InChI is InChI=1S/C20H18FNO4/c21-19-9-14(11-22)6-7-16(19)12-26-20(23)15-3-1-4-17(10-15)25-13-18-5-2-8-24-18/h1,3-4,6-7,9-10,18H,2,5,8,12-13H2. The highest BCUT2D eigenvalue weighted by Crippen LogP contribution is 2.18. The zero-order valence-corrected chi connectivity index (χ0v) is 14.1. The highest BCUT2D eigenvalue weighted by Gasteiger charge is 2.16. The molecule has 134 valence electrons. The van der Waals surface area contributed by atoms with E-state index >= 15 is 0 Å². The first-order chi connectivity index (χ1) is 12.7. The Balaban J connectivity index is 1.57. The number of nitriles is 1. The fraction of sp³-hybridized carbons (Fsp3) is 0.300. The Morgan fingerprint density at radius 3 is 2.92 bits per heavy atom. The third-order valence-electron chi connectivity index (χ3n) is 4.07. The Hall–Kier alpha value is -2.91. The fourth-order valence-electron chi connectivity index (χ4n) is 2.64. The topological polar surface area (TPSA) is 68.5 Å². The Bertz CT molecular complexity index is 825. The SMILES string of the molecule is N#Cc1ccc(COC(=O)c2cccc(OCC3CCCO3)c2)c(F)c1. The number of halogens is 1. The monoisotopic (exact) mass is 355 g/mol. The van der Waals surface area contributed by atoms with Crippen molar-refractivity contribution in [2.24, 2.45) is 0 Å². The lowest BCUT2D eigenvalue weighted by Crippen LogP contribution is -2.16. The molecular formula is C20H18FNO4. The van der Waals surface area contributed by atoms with Crippen LogP contribution in [0.2, 0.25) is 0 Å². The van der Waals surface area contributed by atoms with Gasteiger partial charge in [0.25, 0.3) is 0 Å². The smallest absolute Gasteiger partial charge is 0.338 e. The van der Waals surface area contributed by atoms with Gasteiger partial charge in [0.2, 0.25) is 0 Å². The van der Waals surface area contributed by atoms with Gasteiger partial charge in [0.15, 0.2) is 0 Å². The predicted octanol–water partition coefficient (Wildman–Crippen LogP) is 3.61. The Kier molecular flexibility index (Phi) is 5.82. The summed E-state index contributed by atoms with van der Waals surface area (Å²) in [5.74, 6) is -0.596. The number of carbonyl (C=O) groups is 1. The molecule has 0 aliphatic carbocycles. The van der Waals surface area contributed by atoms with Crippen molar-refractivity contribution in [3.8, 4) is 11.8 Å². The molecule has 1 fully saturated rings. The van der Waals surface area contributed by atoms with Gasteiger partial charge in [-0.15, -0.1) is 0 Å². The van der Waals surface area contributed by atoms with Gasteiger partial charge in [0.05, 0.1) is 23.3 Å². The molecule has 0 amide bonds. The van der Waals surface area contributed by atoms with Crippen molar-refractivity contribution < 1.29 is 23.4 Å². The molecule has 0 radical (unpaired) electrons. The van der Waals surface area contributed by atoms with E-state index in [0.29, 0.717) is 17.9 Å². The van der Waals surface area contributed by atoms with E-state index in [1.165, 1.54) is 12.1 Å². The maximum absolute atomic E-state index is 13.8. The summed E-state index contributed by atoms with van der Waals surface area (Å²) in [4.78, 5) is 12.2. The molecule has 0 N–H and O–H groups in total. The molecule has 1 heterocycles. The summed E-state index contributed by atoms with van der Waals surface area (Å²) in [6.07, 6.45) is 2.09. The third-order valence-corrected chi connectivity index (χ3v) is 4.07. The highest BCUT2D eigenvalue weighted by molar-refractivity contribution is 5.89. The normalized spacial score (nSPS) is 16.1. The molecular weight excluding hydrogens is 337 g/mol. The first-order valence-corrected chi connectivity index (χ1v) is 8.36. The quantitative estimate of drug-likeness (QED) is 0.741. The first kappa shape index (κ1) is 17.9. The lowest BCUT2D eigenvalue weighted by Gasteiger charge is -2.12. The van der Waals surface area contributed by atoms with Crippen molar-refractivity contribution in [3.05, 3.63) is 65.0 Å². The minimum absolute atomic E-state index is 0.0879. The lowest BCUT2D eigenvalue weighted by molar-refractivity contribution is 0.0467. The average molecular weight is 355 g/mol. The van der Waals surface area contributed by atoms with Crippen LogP contribution in [0.5, 0.6) is 5.75 Å². The number of hydrogen-bond donors (Lipinski definition) is 0. The minimum atomic E-state index is -0.578. The van der Waals surface area contributed by atoms with Gasteiger partial charge in [0, 0.05) is 12.2 Å². The van der Waals surface area contributed by atoms with Crippen LogP contribution in [-0.4, -0.2) is 25.3 Å². The Morgan fingerprint density at radius 2 is 2.19 bits per heavy atom. The van der Waals surface area contributed by atoms with Crippen molar-refractivity contribution >= 4 is 5.97 Å². The summed E-state index contributed by atoms with van der Waals surface area (Å²) in [7, 11) is 0. The van der Waals surface area contributed by atoms with Gasteiger partial charge in [0.1, 0.15) is 24.8 Å². The van der Waals surface area contributed by atoms with Gasteiger partial charge in [-0.25, -0.2) is 9.18 Å². The lowest BCUT2D eigenvalue weighted by atomic mass is 10.1. The van der Waals surface area contributed by atoms with E-state index in [1.54, 1.807) is 24.3 Å². The van der Waals surface area contributed by atoms with Crippen LogP contribution in [0.25, 0.3) is 0 Å². The molecule has 1 unspecified atom stereocenters. The second kappa shape index (κ2) is 8.45. The molecule has 2 aromatic rings. The zero-order valence-electron chi connectivity index (χ0n) is 14.1. The number of nitrogens with zero attached hydrogens (tertiary/aromatic N) is 1. The number of hydrogen-bond acceptors (Lipinski definition) is 5. The van der Waals surface area contributed by atoms with E-state index in [0.717, 1.165) is 25.5 Å². The average Bonchev–Trinajstić information content (AvgIpc) is 3.19. The van der Waals surface area contributed by atoms with Crippen molar-refractivity contribution in [1.29, 1.82) is 5.26 Å². The molecule has 0 bridgehead atoms. The fourth-order valence-corrected chi connectivity index (χ4v) is 2.64. The Morgan fingerprint density at radius 1 is 1.31 bits per heavy atom. The van der Waals surface area contributed by atoms with E-state index < -0.39 is 11.8 Å². The largest absolute Gasteiger partial charge is 0.491 e. The molecule has 26 heavy (non-hydrogen) atoms. The highest BCUT2D eigenvalue weighted by atomic mass is 19.1. The van der Waals surface area contributed by atoms with Crippen LogP contribution in [-0.2, 0) is 16.1 Å². The van der Waals surface area contributed by atoms with E-state index in [4.69, 9.17) is 19.5 Å². The van der Waals surface area contributed by atoms with Crippen LogP contribution >= 0.6 is 0 Å². The molecule has 2 aromatic carbocycles. The van der Waals surface area contributed by atoms with Crippen LogP contribution in [0.1, 0.15) is 34.3 Å². The van der Waals surface area contributed by atoms with Crippen LogP contribution in [0.4, 0.5) is 4.39 Å². The summed E-state index contributed by atoms with van der Waals surface area (Å²) < 4.78 is 30.1. The van der Waals surface area contributed by atoms with Crippen LogP contribution in [0.15, 0.2) is 42.5 Å². The van der Waals surface area contributed by atoms with Gasteiger partial charge in [-0.1, -0.05) is 12.1 Å². The maximum atomic E-state index is 13.8. The second-order valence-corrected chi connectivity index (χ2v) is 5.97. The van der Waals surface area contributed by atoms with Gasteiger partial charge in [-0.05, 0) is 43.2 Å². The number of ether oxygens (including phenoxy) is 3. The molecule has 5 nitrogen and oxygen atoms in total.